The summed E-state index contributed by atoms with van der Waals surface area (Å²) < 4.78 is 52.1. The first-order valence-electron chi connectivity index (χ1n) is 11.3. The van der Waals surface area contributed by atoms with Crippen molar-refractivity contribution in [1.29, 1.82) is 5.26 Å². The summed E-state index contributed by atoms with van der Waals surface area (Å²) in [5.41, 5.74) is 3.91. The van der Waals surface area contributed by atoms with Gasteiger partial charge >= 0.3 is 0 Å². The fourth-order valence-corrected chi connectivity index (χ4v) is 5.94. The van der Waals surface area contributed by atoms with Gasteiger partial charge in [0, 0.05) is 12.1 Å². The van der Waals surface area contributed by atoms with Gasteiger partial charge in [0.05, 0.1) is 51.1 Å². The van der Waals surface area contributed by atoms with Crippen molar-refractivity contribution in [2.24, 2.45) is 0 Å². The van der Waals surface area contributed by atoms with Crippen LogP contribution in [0.15, 0.2) is 59.6 Å². The van der Waals surface area contributed by atoms with E-state index in [2.05, 4.69) is 20.8 Å². The van der Waals surface area contributed by atoms with Gasteiger partial charge in [0.2, 0.25) is 15.9 Å². The van der Waals surface area contributed by atoms with E-state index in [0.29, 0.717) is 38.8 Å². The van der Waals surface area contributed by atoms with Crippen LogP contribution in [0, 0.1) is 24.1 Å². The lowest BCUT2D eigenvalue weighted by molar-refractivity contribution is 0.323. The summed E-state index contributed by atoms with van der Waals surface area (Å²) in [7, 11) is -2.27. The topological polar surface area (TPSA) is 127 Å². The van der Waals surface area contributed by atoms with Crippen LogP contribution in [0.3, 0.4) is 0 Å². The van der Waals surface area contributed by atoms with Crippen molar-refractivity contribution >= 4 is 42.6 Å². The van der Waals surface area contributed by atoms with E-state index in [4.69, 9.17) is 14.5 Å². The molecule has 12 heteroatoms. The molecule has 2 heterocycles. The van der Waals surface area contributed by atoms with Gasteiger partial charge in [0.25, 0.3) is 0 Å². The molecule has 5 aromatic rings. The summed E-state index contributed by atoms with van der Waals surface area (Å²) >= 11 is 1.42. The van der Waals surface area contributed by atoms with E-state index in [9.17, 15) is 18.1 Å². The predicted molar refractivity (Wildman–Crippen MR) is 141 cm³/mol. The molecule has 0 saturated heterocycles. The number of nitrogens with zero attached hydrogens (tertiary/aromatic N) is 4. The third-order valence-corrected chi connectivity index (χ3v) is 8.15. The molecule has 0 fully saturated rings. The van der Waals surface area contributed by atoms with Crippen molar-refractivity contribution < 1.29 is 22.3 Å². The SMILES string of the molecule is COc1cnc2c(-c3nc4c(C)cc(OCCNS(=O)(=O)c5ccc(F)cc5)cc4s3)cc(C#N)cc2n1. The average molecular weight is 550 g/mol. The number of nitriles is 1. The smallest absolute Gasteiger partial charge is 0.240 e. The molecule has 9 nitrogen and oxygen atoms in total. The number of fused-ring (bicyclic) bond motifs is 2. The van der Waals surface area contributed by atoms with Crippen LogP contribution in [0.25, 0.3) is 31.8 Å². The first-order valence-corrected chi connectivity index (χ1v) is 13.6. The average Bonchev–Trinajstić information content (AvgIpc) is 3.35. The van der Waals surface area contributed by atoms with Crippen LogP contribution in [0.1, 0.15) is 11.1 Å². The number of ether oxygens (including phenoxy) is 2. The Morgan fingerprint density at radius 1 is 1.11 bits per heavy atom. The van der Waals surface area contributed by atoms with Crippen molar-refractivity contribution in [1.82, 2.24) is 19.7 Å². The number of thiazole rings is 1. The van der Waals surface area contributed by atoms with Crippen molar-refractivity contribution in [2.75, 3.05) is 20.3 Å². The standard InChI is InChI=1S/C26H20FN5O4S2/c1-15-9-18(36-8-7-30-38(33,34)19-5-3-17(27)4-6-19)12-22-24(15)32-26(37-22)20-10-16(13-28)11-21-25(20)29-14-23(31-21)35-2/h3-6,9-12,14,30H,7-8H2,1-2H3. The molecular weight excluding hydrogens is 529 g/mol. The molecule has 0 bridgehead atoms. The molecule has 0 atom stereocenters. The number of hydrogen-bond donors (Lipinski definition) is 1. The lowest BCUT2D eigenvalue weighted by Gasteiger charge is -2.09. The number of rotatable bonds is 8. The number of hydrogen-bond acceptors (Lipinski definition) is 9. The minimum atomic E-state index is -3.78. The highest BCUT2D eigenvalue weighted by Crippen LogP contribution is 2.37. The molecule has 0 unspecified atom stereocenters. The number of halogens is 1. The third kappa shape index (κ3) is 5.12. The predicted octanol–water partition coefficient (Wildman–Crippen LogP) is 4.59. The first-order chi connectivity index (χ1) is 18.3. The maximum atomic E-state index is 13.1. The number of nitrogens with one attached hydrogen (secondary N) is 1. The van der Waals surface area contributed by atoms with Gasteiger partial charge in [0.15, 0.2) is 0 Å². The Labute approximate surface area is 221 Å². The summed E-state index contributed by atoms with van der Waals surface area (Å²) in [6.07, 6.45) is 1.52. The minimum absolute atomic E-state index is 0.0236. The highest BCUT2D eigenvalue weighted by atomic mass is 32.2. The Morgan fingerprint density at radius 2 is 1.89 bits per heavy atom. The van der Waals surface area contributed by atoms with Crippen LogP contribution in [0.5, 0.6) is 11.6 Å². The third-order valence-electron chi connectivity index (χ3n) is 5.64. The Bertz CT molecular complexity index is 1820. The lowest BCUT2D eigenvalue weighted by atomic mass is 10.1. The molecule has 0 aliphatic rings. The van der Waals surface area contributed by atoms with Crippen LogP contribution in [-0.4, -0.2) is 43.6 Å². The molecule has 1 N–H and O–H groups in total. The quantitative estimate of drug-likeness (QED) is 0.279. The molecule has 0 aliphatic carbocycles. The van der Waals surface area contributed by atoms with Crippen LogP contribution in [0.4, 0.5) is 4.39 Å². The molecule has 38 heavy (non-hydrogen) atoms. The fourth-order valence-electron chi connectivity index (χ4n) is 3.84. The molecular formula is C26H20FN5O4S2. The maximum absolute atomic E-state index is 13.1. The van der Waals surface area contributed by atoms with Gasteiger partial charge in [-0.25, -0.2) is 32.5 Å². The van der Waals surface area contributed by atoms with Gasteiger partial charge in [-0.15, -0.1) is 11.3 Å². The monoisotopic (exact) mass is 549 g/mol. The van der Waals surface area contributed by atoms with Crippen molar-refractivity contribution in [3.8, 4) is 28.3 Å². The highest BCUT2D eigenvalue weighted by molar-refractivity contribution is 7.89. The van der Waals surface area contributed by atoms with E-state index in [1.54, 1.807) is 12.1 Å². The molecule has 0 amide bonds. The second-order valence-corrected chi connectivity index (χ2v) is 11.0. The van der Waals surface area contributed by atoms with E-state index in [-0.39, 0.29) is 18.0 Å². The Morgan fingerprint density at radius 3 is 2.63 bits per heavy atom. The zero-order valence-electron chi connectivity index (χ0n) is 20.2. The number of aromatic nitrogens is 3. The summed E-state index contributed by atoms with van der Waals surface area (Å²) in [4.78, 5) is 13.7. The zero-order chi connectivity index (χ0) is 26.9. The molecule has 192 valence electrons. The molecule has 0 spiro atoms. The van der Waals surface area contributed by atoms with Crippen LogP contribution in [-0.2, 0) is 10.0 Å². The Kier molecular flexibility index (Phi) is 6.90. The van der Waals surface area contributed by atoms with Crippen LogP contribution in [0.2, 0.25) is 0 Å². The molecule has 0 saturated carbocycles. The second-order valence-electron chi connectivity index (χ2n) is 8.22. The molecule has 3 aromatic carbocycles. The number of benzene rings is 3. The van der Waals surface area contributed by atoms with Crippen molar-refractivity contribution in [2.45, 2.75) is 11.8 Å². The molecule has 5 rings (SSSR count). The lowest BCUT2D eigenvalue weighted by Crippen LogP contribution is -2.28. The summed E-state index contributed by atoms with van der Waals surface area (Å²) in [6.45, 7) is 2.02. The summed E-state index contributed by atoms with van der Waals surface area (Å²) in [5, 5.41) is 10.2. The van der Waals surface area contributed by atoms with Gasteiger partial charge in [-0.1, -0.05) is 0 Å². The first kappa shape index (κ1) is 25.5. The van der Waals surface area contributed by atoms with Gasteiger partial charge in [-0.3, -0.25) is 0 Å². The van der Waals surface area contributed by atoms with E-state index in [1.165, 1.54) is 36.8 Å². The van der Waals surface area contributed by atoms with E-state index in [0.717, 1.165) is 27.9 Å². The summed E-state index contributed by atoms with van der Waals surface area (Å²) in [6, 6.07) is 13.8. The molecule has 2 aromatic heterocycles. The Balaban J connectivity index is 1.37. The van der Waals surface area contributed by atoms with Gasteiger partial charge in [0.1, 0.15) is 23.2 Å². The van der Waals surface area contributed by atoms with Gasteiger partial charge in [-0.05, 0) is 61.0 Å². The number of aryl methyl sites for hydroxylation is 1. The fraction of sp³-hybridized carbons (Fsp3) is 0.154. The van der Waals surface area contributed by atoms with E-state index < -0.39 is 15.8 Å². The minimum Gasteiger partial charge on any atom is -0.492 e. The highest BCUT2D eigenvalue weighted by Gasteiger charge is 2.17. The Hall–Kier alpha value is -4.18. The van der Waals surface area contributed by atoms with Crippen molar-refractivity contribution in [3.05, 3.63) is 71.7 Å². The van der Waals surface area contributed by atoms with Gasteiger partial charge in [-0.2, -0.15) is 5.26 Å². The maximum Gasteiger partial charge on any atom is 0.240 e. The molecule has 0 aliphatic heterocycles. The zero-order valence-corrected chi connectivity index (χ0v) is 21.9. The van der Waals surface area contributed by atoms with E-state index in [1.807, 2.05) is 19.1 Å². The molecule has 0 radical (unpaired) electrons. The number of sulfonamides is 1. The van der Waals surface area contributed by atoms with E-state index >= 15 is 0 Å². The van der Waals surface area contributed by atoms with Gasteiger partial charge < -0.3 is 9.47 Å². The normalized spacial score (nSPS) is 11.5. The largest absolute Gasteiger partial charge is 0.492 e. The number of methoxy groups -OCH3 is 1. The van der Waals surface area contributed by atoms with Crippen LogP contribution >= 0.6 is 11.3 Å². The summed E-state index contributed by atoms with van der Waals surface area (Å²) in [5.74, 6) is 0.398. The van der Waals surface area contributed by atoms with Crippen LogP contribution < -0.4 is 14.2 Å². The van der Waals surface area contributed by atoms with Crippen molar-refractivity contribution in [3.63, 3.8) is 0 Å². The second kappa shape index (κ2) is 10.3.